The Labute approximate surface area is 85.6 Å². The van der Waals surface area contributed by atoms with E-state index in [-0.39, 0.29) is 23.7 Å². The van der Waals surface area contributed by atoms with E-state index in [2.05, 4.69) is 0 Å². The third-order valence-electron chi connectivity index (χ3n) is 1.59. The summed E-state index contributed by atoms with van der Waals surface area (Å²) in [7, 11) is 0. The zero-order valence-electron chi connectivity index (χ0n) is 6.98. The maximum Gasteiger partial charge on any atom is 0.325 e. The van der Waals surface area contributed by atoms with E-state index in [4.69, 9.17) is 15.9 Å². The van der Waals surface area contributed by atoms with Gasteiger partial charge in [0.1, 0.15) is 17.6 Å². The van der Waals surface area contributed by atoms with Crippen LogP contribution in [-0.4, -0.2) is 16.2 Å². The SMILES string of the molecule is Cl.N[C@@H](C(=O)O)c1cc(F)ccc1O. The molecule has 4 nitrogen and oxygen atoms in total. The Morgan fingerprint density at radius 1 is 1.50 bits per heavy atom. The Kier molecular flexibility index (Phi) is 4.33. The largest absolute Gasteiger partial charge is 0.508 e. The fourth-order valence-electron chi connectivity index (χ4n) is 0.908. The number of hydrogen-bond acceptors (Lipinski definition) is 3. The molecule has 4 N–H and O–H groups in total. The van der Waals surface area contributed by atoms with Crippen molar-refractivity contribution in [2.24, 2.45) is 5.73 Å². The monoisotopic (exact) mass is 221 g/mol. The van der Waals surface area contributed by atoms with Crippen molar-refractivity contribution in [3.05, 3.63) is 29.6 Å². The quantitative estimate of drug-likeness (QED) is 0.697. The van der Waals surface area contributed by atoms with Crippen molar-refractivity contribution < 1.29 is 19.4 Å². The summed E-state index contributed by atoms with van der Waals surface area (Å²) in [5.74, 6) is -2.28. The van der Waals surface area contributed by atoms with Crippen LogP contribution in [0.5, 0.6) is 5.75 Å². The van der Waals surface area contributed by atoms with Crippen LogP contribution in [0.25, 0.3) is 0 Å². The highest BCUT2D eigenvalue weighted by molar-refractivity contribution is 5.85. The molecule has 78 valence electrons. The minimum absolute atomic E-state index is 0. The summed E-state index contributed by atoms with van der Waals surface area (Å²) >= 11 is 0. The Morgan fingerprint density at radius 3 is 2.57 bits per heavy atom. The molecule has 0 heterocycles. The number of halogens is 2. The van der Waals surface area contributed by atoms with Crippen molar-refractivity contribution in [3.8, 4) is 5.75 Å². The van der Waals surface area contributed by atoms with E-state index >= 15 is 0 Å². The van der Waals surface area contributed by atoms with Crippen molar-refractivity contribution in [1.29, 1.82) is 0 Å². The van der Waals surface area contributed by atoms with Crippen molar-refractivity contribution in [2.75, 3.05) is 0 Å². The lowest BCUT2D eigenvalue weighted by molar-refractivity contribution is -0.138. The van der Waals surface area contributed by atoms with E-state index in [9.17, 15) is 9.18 Å². The van der Waals surface area contributed by atoms with Gasteiger partial charge >= 0.3 is 5.97 Å². The van der Waals surface area contributed by atoms with Crippen molar-refractivity contribution in [2.45, 2.75) is 6.04 Å². The van der Waals surface area contributed by atoms with Gasteiger partial charge in [-0.2, -0.15) is 0 Å². The van der Waals surface area contributed by atoms with Crippen LogP contribution in [0.2, 0.25) is 0 Å². The van der Waals surface area contributed by atoms with Gasteiger partial charge in [0.25, 0.3) is 0 Å². The Morgan fingerprint density at radius 2 is 2.07 bits per heavy atom. The van der Waals surface area contributed by atoms with Gasteiger partial charge in [0.2, 0.25) is 0 Å². The molecule has 0 radical (unpaired) electrons. The molecule has 0 aromatic heterocycles. The van der Waals surface area contributed by atoms with Gasteiger partial charge in [0.15, 0.2) is 0 Å². The second-order valence-corrected chi connectivity index (χ2v) is 2.52. The van der Waals surface area contributed by atoms with E-state index in [1.54, 1.807) is 0 Å². The number of carboxylic acid groups (broad SMARTS) is 1. The number of carbonyl (C=O) groups is 1. The number of hydrogen-bond donors (Lipinski definition) is 3. The molecule has 0 saturated carbocycles. The maximum absolute atomic E-state index is 12.6. The van der Waals surface area contributed by atoms with Gasteiger partial charge in [0.05, 0.1) is 0 Å². The molecule has 1 aromatic carbocycles. The highest BCUT2D eigenvalue weighted by Gasteiger charge is 2.18. The second kappa shape index (κ2) is 4.78. The first kappa shape index (κ1) is 12.7. The first-order valence-corrected chi connectivity index (χ1v) is 3.49. The van der Waals surface area contributed by atoms with E-state index in [0.717, 1.165) is 18.2 Å². The van der Waals surface area contributed by atoms with E-state index in [1.165, 1.54) is 0 Å². The molecule has 0 bridgehead atoms. The summed E-state index contributed by atoms with van der Waals surface area (Å²) in [6.07, 6.45) is 0. The molecule has 1 aromatic rings. The van der Waals surface area contributed by atoms with Crippen LogP contribution in [0.1, 0.15) is 11.6 Å². The van der Waals surface area contributed by atoms with Gasteiger partial charge < -0.3 is 15.9 Å². The lowest BCUT2D eigenvalue weighted by atomic mass is 10.1. The van der Waals surface area contributed by atoms with Gasteiger partial charge in [-0.3, -0.25) is 4.79 Å². The number of aromatic hydroxyl groups is 1. The summed E-state index contributed by atoms with van der Waals surface area (Å²) in [6.45, 7) is 0. The topological polar surface area (TPSA) is 83.6 Å². The summed E-state index contributed by atoms with van der Waals surface area (Å²) in [4.78, 5) is 10.4. The summed E-state index contributed by atoms with van der Waals surface area (Å²) in [5.41, 5.74) is 5.05. The van der Waals surface area contributed by atoms with Crippen LogP contribution in [0.3, 0.4) is 0 Å². The minimum Gasteiger partial charge on any atom is -0.508 e. The van der Waals surface area contributed by atoms with Gasteiger partial charge in [-0.05, 0) is 18.2 Å². The number of phenolic OH excluding ortho intramolecular Hbond substituents is 1. The van der Waals surface area contributed by atoms with Crippen LogP contribution < -0.4 is 5.73 Å². The summed E-state index contributed by atoms with van der Waals surface area (Å²) in [6, 6.07) is 1.57. The Hall–Kier alpha value is -1.33. The standard InChI is InChI=1S/C8H8FNO3.ClH/c9-4-1-2-6(11)5(3-4)7(10)8(12)13;/h1-3,7,11H,10H2,(H,12,13);1H/t7-;/m1./s1. The van der Waals surface area contributed by atoms with Gasteiger partial charge in [0, 0.05) is 5.56 Å². The number of carboxylic acids is 1. The first-order valence-electron chi connectivity index (χ1n) is 3.49. The predicted octanol–water partition coefficient (Wildman–Crippen LogP) is 1.04. The predicted molar refractivity (Wildman–Crippen MR) is 49.9 cm³/mol. The van der Waals surface area contributed by atoms with Crippen molar-refractivity contribution in [1.82, 2.24) is 0 Å². The molecule has 14 heavy (non-hydrogen) atoms. The van der Waals surface area contributed by atoms with Gasteiger partial charge in [-0.25, -0.2) is 4.39 Å². The number of phenols is 1. The molecule has 1 rings (SSSR count). The van der Waals surface area contributed by atoms with Gasteiger partial charge in [-0.1, -0.05) is 0 Å². The zero-order chi connectivity index (χ0) is 10.0. The van der Waals surface area contributed by atoms with Crippen molar-refractivity contribution in [3.63, 3.8) is 0 Å². The molecule has 1 atom stereocenters. The number of aliphatic carboxylic acids is 1. The van der Waals surface area contributed by atoms with E-state index in [1.807, 2.05) is 0 Å². The van der Waals surface area contributed by atoms with Crippen LogP contribution in [-0.2, 0) is 4.79 Å². The molecule has 0 saturated heterocycles. The summed E-state index contributed by atoms with van der Waals surface area (Å²) in [5, 5.41) is 17.6. The fourth-order valence-corrected chi connectivity index (χ4v) is 0.908. The molecule has 0 unspecified atom stereocenters. The van der Waals surface area contributed by atoms with E-state index in [0.29, 0.717) is 0 Å². The molecule has 0 aliphatic carbocycles. The fraction of sp³-hybridized carbons (Fsp3) is 0.125. The Bertz CT molecular complexity index is 345. The molecule has 0 fully saturated rings. The normalized spacial score (nSPS) is 11.6. The molecular weight excluding hydrogens is 213 g/mol. The Balaban J connectivity index is 0.00000169. The number of nitrogens with two attached hydrogens (primary N) is 1. The molecule has 0 spiro atoms. The molecule has 0 amide bonds. The van der Waals surface area contributed by atoms with E-state index < -0.39 is 17.8 Å². The minimum atomic E-state index is -1.41. The summed E-state index contributed by atoms with van der Waals surface area (Å²) < 4.78 is 12.6. The van der Waals surface area contributed by atoms with Gasteiger partial charge in [-0.15, -0.1) is 12.4 Å². The number of benzene rings is 1. The number of rotatable bonds is 2. The lowest BCUT2D eigenvalue weighted by Crippen LogP contribution is -2.20. The zero-order valence-corrected chi connectivity index (χ0v) is 7.79. The van der Waals surface area contributed by atoms with Crippen molar-refractivity contribution >= 4 is 18.4 Å². The lowest BCUT2D eigenvalue weighted by Gasteiger charge is -2.08. The third kappa shape index (κ3) is 2.58. The third-order valence-corrected chi connectivity index (χ3v) is 1.59. The van der Waals surface area contributed by atoms with Crippen LogP contribution in [0.4, 0.5) is 4.39 Å². The molecule has 0 aliphatic heterocycles. The average molecular weight is 222 g/mol. The smallest absolute Gasteiger partial charge is 0.325 e. The maximum atomic E-state index is 12.6. The van der Waals surface area contributed by atoms with Crippen LogP contribution in [0, 0.1) is 5.82 Å². The highest BCUT2D eigenvalue weighted by atomic mass is 35.5. The highest BCUT2D eigenvalue weighted by Crippen LogP contribution is 2.23. The first-order chi connectivity index (χ1) is 6.02. The second-order valence-electron chi connectivity index (χ2n) is 2.52. The van der Waals surface area contributed by atoms with Crippen LogP contribution >= 0.6 is 12.4 Å². The molecule has 6 heteroatoms. The van der Waals surface area contributed by atoms with Crippen LogP contribution in [0.15, 0.2) is 18.2 Å². The molecule has 0 aliphatic rings. The average Bonchev–Trinajstić information content (AvgIpc) is 2.08. The molecular formula is C8H9ClFNO3.